The minimum absolute atomic E-state index is 0.0114. The van der Waals surface area contributed by atoms with Crippen molar-refractivity contribution in [3.8, 4) is 0 Å². The highest BCUT2D eigenvalue weighted by molar-refractivity contribution is 5.95. The molecule has 1 atom stereocenters. The van der Waals surface area contributed by atoms with E-state index in [9.17, 15) is 9.59 Å². The molecule has 18 heavy (non-hydrogen) atoms. The van der Waals surface area contributed by atoms with E-state index in [0.717, 1.165) is 0 Å². The highest BCUT2D eigenvalue weighted by Gasteiger charge is 2.30. The molecule has 1 unspecified atom stereocenters. The van der Waals surface area contributed by atoms with Gasteiger partial charge >= 0.3 is 5.97 Å². The summed E-state index contributed by atoms with van der Waals surface area (Å²) >= 11 is 0. The fraction of sp³-hybridized carbons (Fsp3) is 0.417. The van der Waals surface area contributed by atoms with Crippen molar-refractivity contribution in [3.63, 3.8) is 0 Å². The maximum Gasteiger partial charge on any atom is 0.339 e. The Kier molecular flexibility index (Phi) is 3.57. The minimum Gasteiger partial charge on any atom is -0.465 e. The van der Waals surface area contributed by atoms with Crippen LogP contribution in [-0.4, -0.2) is 42.2 Å². The van der Waals surface area contributed by atoms with Gasteiger partial charge in [0.1, 0.15) is 5.82 Å². The van der Waals surface area contributed by atoms with E-state index in [4.69, 9.17) is 5.11 Å². The average molecular weight is 250 g/mol. The Hall–Kier alpha value is -1.95. The second kappa shape index (κ2) is 5.14. The Morgan fingerprint density at radius 3 is 2.89 bits per heavy atom. The molecule has 1 amide bonds. The van der Waals surface area contributed by atoms with Crippen LogP contribution in [0.25, 0.3) is 0 Å². The first kappa shape index (κ1) is 12.5. The van der Waals surface area contributed by atoms with Gasteiger partial charge in [-0.2, -0.15) is 0 Å². The van der Waals surface area contributed by atoms with Gasteiger partial charge < -0.3 is 9.84 Å². The summed E-state index contributed by atoms with van der Waals surface area (Å²) in [6.07, 6.45) is 1.71. The zero-order chi connectivity index (χ0) is 13.1. The highest BCUT2D eigenvalue weighted by Crippen LogP contribution is 2.23. The number of aliphatic hydroxyl groups is 1. The van der Waals surface area contributed by atoms with E-state index in [1.807, 2.05) is 0 Å². The zero-order valence-electron chi connectivity index (χ0n) is 10.00. The molecule has 0 spiro atoms. The lowest BCUT2D eigenvalue weighted by atomic mass is 10.1. The number of hydrogen-bond donors (Lipinski definition) is 1. The van der Waals surface area contributed by atoms with Gasteiger partial charge in [-0.1, -0.05) is 0 Å². The molecule has 2 rings (SSSR count). The molecule has 0 bridgehead atoms. The summed E-state index contributed by atoms with van der Waals surface area (Å²) in [5, 5.41) is 9.04. The predicted molar refractivity (Wildman–Crippen MR) is 63.1 cm³/mol. The second-order valence-electron chi connectivity index (χ2n) is 4.15. The number of ether oxygens (including phenoxy) is 1. The van der Waals surface area contributed by atoms with Gasteiger partial charge in [0, 0.05) is 31.7 Å². The van der Waals surface area contributed by atoms with E-state index in [0.29, 0.717) is 24.3 Å². The maximum atomic E-state index is 11.7. The highest BCUT2D eigenvalue weighted by atomic mass is 16.5. The Morgan fingerprint density at radius 1 is 1.61 bits per heavy atom. The summed E-state index contributed by atoms with van der Waals surface area (Å²) in [5.41, 5.74) is 0.339. The first-order valence-corrected chi connectivity index (χ1v) is 5.61. The molecule has 1 aliphatic rings. The molecular weight excluding hydrogens is 236 g/mol. The zero-order valence-corrected chi connectivity index (χ0v) is 10.00. The van der Waals surface area contributed by atoms with Crippen LogP contribution in [0, 0.1) is 5.92 Å². The van der Waals surface area contributed by atoms with Crippen molar-refractivity contribution < 1.29 is 19.4 Å². The second-order valence-corrected chi connectivity index (χ2v) is 4.15. The summed E-state index contributed by atoms with van der Waals surface area (Å²) in [5.74, 6) is -0.0782. The number of anilines is 1. The summed E-state index contributed by atoms with van der Waals surface area (Å²) in [7, 11) is 1.30. The third-order valence-corrected chi connectivity index (χ3v) is 2.91. The number of rotatable bonds is 3. The molecule has 1 aliphatic heterocycles. The van der Waals surface area contributed by atoms with E-state index >= 15 is 0 Å². The fourth-order valence-electron chi connectivity index (χ4n) is 1.91. The third-order valence-electron chi connectivity index (χ3n) is 2.91. The van der Waals surface area contributed by atoms with Crippen LogP contribution in [0.5, 0.6) is 0 Å². The van der Waals surface area contributed by atoms with Crippen LogP contribution in [0.3, 0.4) is 0 Å². The van der Waals surface area contributed by atoms with Crippen LogP contribution in [0.4, 0.5) is 5.82 Å². The van der Waals surface area contributed by atoms with Gasteiger partial charge in [0.2, 0.25) is 5.91 Å². The van der Waals surface area contributed by atoms with Crippen molar-refractivity contribution in [2.24, 2.45) is 5.92 Å². The van der Waals surface area contributed by atoms with Gasteiger partial charge in [-0.05, 0) is 12.1 Å². The first-order chi connectivity index (χ1) is 8.65. The molecule has 1 N–H and O–H groups in total. The average Bonchev–Trinajstić information content (AvgIpc) is 2.79. The first-order valence-electron chi connectivity index (χ1n) is 5.61. The Morgan fingerprint density at radius 2 is 2.39 bits per heavy atom. The molecule has 0 radical (unpaired) electrons. The predicted octanol–water partition coefficient (Wildman–Crippen LogP) is 0.213. The molecule has 2 heterocycles. The molecular formula is C12H14N2O4. The fourth-order valence-corrected chi connectivity index (χ4v) is 1.91. The number of pyridine rings is 1. The lowest BCUT2D eigenvalue weighted by Gasteiger charge is -2.15. The molecule has 0 aromatic carbocycles. The molecule has 96 valence electrons. The molecule has 6 heteroatoms. The van der Waals surface area contributed by atoms with Crippen molar-refractivity contribution in [3.05, 3.63) is 23.9 Å². The Labute approximate surface area is 104 Å². The number of methoxy groups -OCH3 is 1. The topological polar surface area (TPSA) is 79.7 Å². The van der Waals surface area contributed by atoms with Gasteiger partial charge in [-0.15, -0.1) is 0 Å². The number of aliphatic hydroxyl groups excluding tert-OH is 1. The molecule has 6 nitrogen and oxygen atoms in total. The molecule has 0 aliphatic carbocycles. The molecule has 0 saturated carbocycles. The van der Waals surface area contributed by atoms with Gasteiger partial charge in [-0.3, -0.25) is 9.69 Å². The quantitative estimate of drug-likeness (QED) is 0.776. The smallest absolute Gasteiger partial charge is 0.339 e. The molecule has 1 saturated heterocycles. The van der Waals surface area contributed by atoms with Crippen LogP contribution in [-0.2, 0) is 9.53 Å². The molecule has 1 fully saturated rings. The van der Waals surface area contributed by atoms with Gasteiger partial charge in [0.05, 0.1) is 12.7 Å². The van der Waals surface area contributed by atoms with Gasteiger partial charge in [-0.25, -0.2) is 9.78 Å². The number of amides is 1. The molecule has 1 aromatic heterocycles. The lowest BCUT2D eigenvalue weighted by Crippen LogP contribution is -2.25. The Balaban J connectivity index is 2.15. The van der Waals surface area contributed by atoms with Crippen molar-refractivity contribution >= 4 is 17.7 Å². The van der Waals surface area contributed by atoms with E-state index in [2.05, 4.69) is 9.72 Å². The van der Waals surface area contributed by atoms with E-state index in [-0.39, 0.29) is 18.4 Å². The van der Waals surface area contributed by atoms with Crippen molar-refractivity contribution in [1.82, 2.24) is 4.98 Å². The summed E-state index contributed by atoms with van der Waals surface area (Å²) in [6, 6.07) is 3.16. The van der Waals surface area contributed by atoms with Crippen molar-refractivity contribution in [1.29, 1.82) is 0 Å². The normalized spacial score (nSPS) is 19.1. The van der Waals surface area contributed by atoms with E-state index in [1.165, 1.54) is 18.2 Å². The number of carbonyl (C=O) groups is 2. The van der Waals surface area contributed by atoms with Crippen LogP contribution in [0.2, 0.25) is 0 Å². The number of aromatic nitrogens is 1. The number of nitrogens with zero attached hydrogens (tertiary/aromatic N) is 2. The summed E-state index contributed by atoms with van der Waals surface area (Å²) < 4.78 is 4.56. The van der Waals surface area contributed by atoms with Crippen LogP contribution < -0.4 is 4.90 Å². The van der Waals surface area contributed by atoms with Crippen LogP contribution in [0.1, 0.15) is 16.8 Å². The standard InChI is InChI=1S/C12H14N2O4/c1-18-12(17)9-2-3-10(13-5-9)14-6-8(7-15)4-11(14)16/h2-3,5,8,15H,4,6-7H2,1H3. The van der Waals surface area contributed by atoms with E-state index in [1.54, 1.807) is 12.1 Å². The maximum absolute atomic E-state index is 11.7. The summed E-state index contributed by atoms with van der Waals surface area (Å²) in [6.45, 7) is 0.447. The van der Waals surface area contributed by atoms with Gasteiger partial charge in [0.25, 0.3) is 0 Å². The van der Waals surface area contributed by atoms with Crippen molar-refractivity contribution in [2.75, 3.05) is 25.2 Å². The van der Waals surface area contributed by atoms with Crippen molar-refractivity contribution in [2.45, 2.75) is 6.42 Å². The number of carbonyl (C=O) groups excluding carboxylic acids is 2. The number of hydrogen-bond acceptors (Lipinski definition) is 5. The van der Waals surface area contributed by atoms with E-state index < -0.39 is 5.97 Å². The van der Waals surface area contributed by atoms with Gasteiger partial charge in [0.15, 0.2) is 0 Å². The SMILES string of the molecule is COC(=O)c1ccc(N2CC(CO)CC2=O)nc1. The lowest BCUT2D eigenvalue weighted by molar-refractivity contribution is -0.117. The summed E-state index contributed by atoms with van der Waals surface area (Å²) in [4.78, 5) is 28.5. The minimum atomic E-state index is -0.463. The third kappa shape index (κ3) is 2.33. The molecule has 1 aromatic rings. The number of esters is 1. The largest absolute Gasteiger partial charge is 0.465 e. The van der Waals surface area contributed by atoms with Crippen LogP contribution in [0.15, 0.2) is 18.3 Å². The Bertz CT molecular complexity index is 458. The monoisotopic (exact) mass is 250 g/mol. The van der Waals surface area contributed by atoms with Crippen LogP contribution >= 0.6 is 0 Å².